The molecule has 0 aliphatic rings. The van der Waals surface area contributed by atoms with Crippen molar-refractivity contribution in [3.8, 4) is 5.75 Å². The molecule has 0 amide bonds. The molecule has 1 aromatic heterocycles. The lowest BCUT2D eigenvalue weighted by Gasteiger charge is -2.19. The quantitative estimate of drug-likeness (QED) is 0.589. The normalized spacial score (nSPS) is 11.3. The number of aromatic hydroxyl groups is 1. The molecule has 0 radical (unpaired) electrons. The topological polar surface area (TPSA) is 48.4 Å². The fourth-order valence-electron chi connectivity index (χ4n) is 2.61. The molecule has 0 unspecified atom stereocenters. The Labute approximate surface area is 150 Å². The van der Waals surface area contributed by atoms with E-state index in [1.54, 1.807) is 6.07 Å². The van der Waals surface area contributed by atoms with Crippen molar-refractivity contribution in [2.75, 3.05) is 18.4 Å². The van der Waals surface area contributed by atoms with E-state index in [1.165, 1.54) is 11.5 Å². The van der Waals surface area contributed by atoms with E-state index in [-0.39, 0.29) is 0 Å². The molecule has 0 atom stereocenters. The number of phenols is 1. The molecule has 126 valence electrons. The van der Waals surface area contributed by atoms with Crippen LogP contribution in [0.4, 0.5) is 10.7 Å². The summed E-state index contributed by atoms with van der Waals surface area (Å²) >= 11 is 7.50. The molecule has 0 spiro atoms. The second kappa shape index (κ2) is 7.38. The molecule has 6 heteroatoms. The number of nitrogens with zero attached hydrogens (tertiary/aromatic N) is 2. The van der Waals surface area contributed by atoms with E-state index in [0.717, 1.165) is 46.8 Å². The number of aromatic nitrogens is 1. The van der Waals surface area contributed by atoms with E-state index < -0.39 is 0 Å². The Morgan fingerprint density at radius 1 is 1.17 bits per heavy atom. The zero-order valence-electron chi connectivity index (χ0n) is 13.7. The number of hydrogen-bond acceptors (Lipinski definition) is 5. The van der Waals surface area contributed by atoms with Crippen molar-refractivity contribution in [1.29, 1.82) is 0 Å². The first-order valence-corrected chi connectivity index (χ1v) is 9.12. The van der Waals surface area contributed by atoms with E-state index in [0.29, 0.717) is 10.8 Å². The zero-order chi connectivity index (χ0) is 17.1. The van der Waals surface area contributed by atoms with Gasteiger partial charge in [-0.25, -0.2) is 0 Å². The van der Waals surface area contributed by atoms with Gasteiger partial charge in [0.05, 0.1) is 5.52 Å². The Hall–Kier alpha value is -1.82. The van der Waals surface area contributed by atoms with Crippen LogP contribution in [0.2, 0.25) is 5.02 Å². The molecule has 0 saturated carbocycles. The van der Waals surface area contributed by atoms with Crippen molar-refractivity contribution >= 4 is 44.7 Å². The van der Waals surface area contributed by atoms with Crippen molar-refractivity contribution in [3.63, 3.8) is 0 Å². The van der Waals surface area contributed by atoms with E-state index in [1.807, 2.05) is 30.3 Å². The predicted molar refractivity (Wildman–Crippen MR) is 103 cm³/mol. The van der Waals surface area contributed by atoms with Crippen molar-refractivity contribution in [1.82, 2.24) is 9.27 Å². The largest absolute Gasteiger partial charge is 0.508 e. The summed E-state index contributed by atoms with van der Waals surface area (Å²) in [5.41, 5.74) is 2.77. The van der Waals surface area contributed by atoms with Crippen molar-refractivity contribution in [2.45, 2.75) is 20.4 Å². The van der Waals surface area contributed by atoms with Gasteiger partial charge in [0.25, 0.3) is 0 Å². The molecule has 0 aliphatic carbocycles. The summed E-state index contributed by atoms with van der Waals surface area (Å²) in [6.07, 6.45) is 0. The minimum absolute atomic E-state index is 0.324. The number of anilines is 2. The summed E-state index contributed by atoms with van der Waals surface area (Å²) < 4.78 is 4.43. The van der Waals surface area contributed by atoms with Crippen LogP contribution in [0.25, 0.3) is 10.9 Å². The van der Waals surface area contributed by atoms with Gasteiger partial charge in [-0.15, -0.1) is 0 Å². The zero-order valence-corrected chi connectivity index (χ0v) is 15.3. The number of phenolic OH excluding ortho intramolecular Hbond substituents is 1. The van der Waals surface area contributed by atoms with Gasteiger partial charge in [-0.3, -0.25) is 4.90 Å². The molecule has 0 fully saturated rings. The van der Waals surface area contributed by atoms with Gasteiger partial charge >= 0.3 is 0 Å². The summed E-state index contributed by atoms with van der Waals surface area (Å²) in [6, 6.07) is 11.3. The second-order valence-electron chi connectivity index (χ2n) is 5.60. The first kappa shape index (κ1) is 17.0. The van der Waals surface area contributed by atoms with E-state index in [9.17, 15) is 5.11 Å². The van der Waals surface area contributed by atoms with Crippen molar-refractivity contribution in [2.24, 2.45) is 0 Å². The highest BCUT2D eigenvalue weighted by atomic mass is 35.5. The molecule has 3 aromatic rings. The van der Waals surface area contributed by atoms with Crippen LogP contribution < -0.4 is 5.32 Å². The molecule has 0 bridgehead atoms. The third-order valence-corrected chi connectivity index (χ3v) is 5.09. The average Bonchev–Trinajstić information content (AvgIpc) is 2.97. The Balaban J connectivity index is 1.88. The van der Waals surface area contributed by atoms with Gasteiger partial charge in [-0.2, -0.15) is 4.37 Å². The summed E-state index contributed by atoms with van der Waals surface area (Å²) in [5, 5.41) is 16.2. The summed E-state index contributed by atoms with van der Waals surface area (Å²) in [7, 11) is 0. The number of fused-ring (bicyclic) bond motifs is 1. The Kier molecular flexibility index (Phi) is 5.23. The van der Waals surface area contributed by atoms with Gasteiger partial charge in [-0.05, 0) is 61.0 Å². The van der Waals surface area contributed by atoms with Crippen LogP contribution in [-0.4, -0.2) is 27.5 Å². The molecule has 24 heavy (non-hydrogen) atoms. The maximum atomic E-state index is 10.1. The minimum atomic E-state index is 0.324. The smallest absolute Gasteiger partial charge is 0.121 e. The summed E-state index contributed by atoms with van der Waals surface area (Å²) in [5.74, 6) is 0.324. The van der Waals surface area contributed by atoms with Gasteiger partial charge in [0, 0.05) is 28.2 Å². The van der Waals surface area contributed by atoms with Crippen LogP contribution in [0.15, 0.2) is 36.4 Å². The SMILES string of the molecule is CCN(CC)Cc1cc(Nc2snc3ccc(Cl)cc23)ccc1O. The van der Waals surface area contributed by atoms with Gasteiger partial charge in [0.1, 0.15) is 10.8 Å². The van der Waals surface area contributed by atoms with Gasteiger partial charge < -0.3 is 10.4 Å². The summed E-state index contributed by atoms with van der Waals surface area (Å²) in [6.45, 7) is 6.87. The highest BCUT2D eigenvalue weighted by Crippen LogP contribution is 2.33. The highest BCUT2D eigenvalue weighted by Gasteiger charge is 2.10. The average molecular weight is 362 g/mol. The van der Waals surface area contributed by atoms with Gasteiger partial charge in [0.2, 0.25) is 0 Å². The van der Waals surface area contributed by atoms with E-state index in [2.05, 4.69) is 28.4 Å². The Morgan fingerprint density at radius 2 is 1.96 bits per heavy atom. The van der Waals surface area contributed by atoms with Crippen LogP contribution in [0.5, 0.6) is 5.75 Å². The van der Waals surface area contributed by atoms with Gasteiger partial charge in [0.15, 0.2) is 0 Å². The molecule has 1 heterocycles. The fraction of sp³-hybridized carbons (Fsp3) is 0.278. The third-order valence-electron chi connectivity index (χ3n) is 4.06. The third kappa shape index (κ3) is 3.64. The lowest BCUT2D eigenvalue weighted by atomic mass is 10.1. The van der Waals surface area contributed by atoms with E-state index >= 15 is 0 Å². The Morgan fingerprint density at radius 3 is 2.71 bits per heavy atom. The number of benzene rings is 2. The molecular weight excluding hydrogens is 342 g/mol. The molecule has 0 aliphatic heterocycles. The molecule has 4 nitrogen and oxygen atoms in total. The lowest BCUT2D eigenvalue weighted by molar-refractivity contribution is 0.291. The standard InChI is InChI=1S/C18H20ClN3OS/c1-3-22(4-2)11-12-9-14(6-8-17(12)23)20-18-15-10-13(19)5-7-16(15)21-24-18/h5-10,20,23H,3-4,11H2,1-2H3. The molecule has 0 saturated heterocycles. The maximum absolute atomic E-state index is 10.1. The van der Waals surface area contributed by atoms with Crippen LogP contribution in [0, 0.1) is 0 Å². The van der Waals surface area contributed by atoms with Crippen molar-refractivity contribution < 1.29 is 5.11 Å². The second-order valence-corrected chi connectivity index (χ2v) is 6.81. The molecule has 2 N–H and O–H groups in total. The lowest BCUT2D eigenvalue weighted by Crippen LogP contribution is -2.22. The van der Waals surface area contributed by atoms with Crippen LogP contribution in [0.1, 0.15) is 19.4 Å². The monoisotopic (exact) mass is 361 g/mol. The van der Waals surface area contributed by atoms with Gasteiger partial charge in [-0.1, -0.05) is 25.4 Å². The van der Waals surface area contributed by atoms with Crippen LogP contribution in [-0.2, 0) is 6.54 Å². The van der Waals surface area contributed by atoms with Crippen molar-refractivity contribution in [3.05, 3.63) is 47.0 Å². The predicted octanol–water partition coefficient (Wildman–Crippen LogP) is 5.24. The van der Waals surface area contributed by atoms with E-state index in [4.69, 9.17) is 11.6 Å². The Bertz CT molecular complexity index is 845. The minimum Gasteiger partial charge on any atom is -0.508 e. The molecule has 2 aromatic carbocycles. The van der Waals surface area contributed by atoms with Crippen LogP contribution >= 0.6 is 23.1 Å². The highest BCUT2D eigenvalue weighted by molar-refractivity contribution is 7.11. The number of nitrogens with one attached hydrogen (secondary N) is 1. The number of halogens is 1. The fourth-order valence-corrected chi connectivity index (χ4v) is 3.56. The maximum Gasteiger partial charge on any atom is 0.121 e. The first-order valence-electron chi connectivity index (χ1n) is 7.97. The number of hydrogen-bond donors (Lipinski definition) is 2. The summed E-state index contributed by atoms with van der Waals surface area (Å²) in [4.78, 5) is 2.26. The first-order chi connectivity index (χ1) is 11.6. The van der Waals surface area contributed by atoms with Crippen LogP contribution in [0.3, 0.4) is 0 Å². The molecular formula is C18H20ClN3OS. The number of rotatable bonds is 6. The molecule has 3 rings (SSSR count).